The summed E-state index contributed by atoms with van der Waals surface area (Å²) in [5.74, 6) is -0.252. The van der Waals surface area contributed by atoms with E-state index in [1.807, 2.05) is 6.07 Å². The van der Waals surface area contributed by atoms with E-state index in [-0.39, 0.29) is 28.2 Å². The topological polar surface area (TPSA) is 99.0 Å². The number of allylic oxidation sites excluding steroid dienone is 1. The van der Waals surface area contributed by atoms with Crippen LogP contribution in [-0.2, 0) is 14.3 Å². The van der Waals surface area contributed by atoms with Crippen molar-refractivity contribution in [1.82, 2.24) is 4.57 Å². The molecule has 0 radical (unpaired) electrons. The molecule has 3 heterocycles. The molecule has 1 amide bonds. The number of ether oxygens (including phenoxy) is 2. The highest BCUT2D eigenvalue weighted by atomic mass is 79.9. The molecule has 3 aromatic rings. The minimum Gasteiger partial charge on any atom is -0.497 e. The van der Waals surface area contributed by atoms with Crippen molar-refractivity contribution < 1.29 is 19.1 Å². The molecule has 0 spiro atoms. The smallest absolute Gasteiger partial charge is 0.338 e. The number of carbonyl (C=O) groups is 2. The Morgan fingerprint density at radius 3 is 2.63 bits per heavy atom. The summed E-state index contributed by atoms with van der Waals surface area (Å²) in [5.41, 5.74) is 2.59. The summed E-state index contributed by atoms with van der Waals surface area (Å²) < 4.78 is 13.1. The quantitative estimate of drug-likeness (QED) is 0.501. The highest BCUT2D eigenvalue weighted by molar-refractivity contribution is 9.10. The Bertz CT molecular complexity index is 1600. The van der Waals surface area contributed by atoms with Crippen LogP contribution in [0.4, 0.5) is 5.69 Å². The van der Waals surface area contributed by atoms with Crippen molar-refractivity contribution in [3.63, 3.8) is 0 Å². The number of halogens is 1. The first-order chi connectivity index (χ1) is 16.8. The third-order valence-electron chi connectivity index (χ3n) is 5.88. The minimum absolute atomic E-state index is 0.186. The Kier molecular flexibility index (Phi) is 5.94. The number of anilines is 1. The van der Waals surface area contributed by atoms with Crippen molar-refractivity contribution in [2.45, 2.75) is 19.9 Å². The molecule has 178 valence electrons. The van der Waals surface area contributed by atoms with Gasteiger partial charge in [-0.3, -0.25) is 14.2 Å². The Labute approximate surface area is 212 Å². The second-order valence-electron chi connectivity index (χ2n) is 7.92. The van der Waals surface area contributed by atoms with E-state index in [1.54, 1.807) is 57.4 Å². The molecule has 10 heteroatoms. The first kappa shape index (κ1) is 23.3. The molecule has 0 saturated heterocycles. The molecule has 1 unspecified atom stereocenters. The molecule has 0 saturated carbocycles. The highest BCUT2D eigenvalue weighted by Gasteiger charge is 2.35. The Balaban J connectivity index is 1.81. The summed E-state index contributed by atoms with van der Waals surface area (Å²) in [4.78, 5) is 44.8. The first-order valence-electron chi connectivity index (χ1n) is 10.8. The fourth-order valence-electron chi connectivity index (χ4n) is 4.31. The van der Waals surface area contributed by atoms with Crippen LogP contribution in [0.2, 0.25) is 0 Å². The number of rotatable bonds is 4. The Hall–Kier alpha value is -3.50. The monoisotopic (exact) mass is 553 g/mol. The summed E-state index contributed by atoms with van der Waals surface area (Å²) >= 11 is 4.57. The Morgan fingerprint density at radius 2 is 1.94 bits per heavy atom. The molecule has 1 aromatic heterocycles. The number of methoxy groups -OCH3 is 1. The normalized spacial score (nSPS) is 17.9. The van der Waals surface area contributed by atoms with Gasteiger partial charge >= 0.3 is 5.97 Å². The molecule has 35 heavy (non-hydrogen) atoms. The molecular formula is C25H20BrN3O5S. The van der Waals surface area contributed by atoms with Gasteiger partial charge in [0.1, 0.15) is 10.3 Å². The molecule has 5 rings (SSSR count). The number of nitrogens with one attached hydrogen (secondary N) is 1. The number of carbonyl (C=O) groups excluding carboxylic acids is 2. The van der Waals surface area contributed by atoms with Crippen LogP contribution in [0, 0.1) is 0 Å². The van der Waals surface area contributed by atoms with Crippen LogP contribution in [0.25, 0.3) is 5.57 Å². The predicted octanol–water partition coefficient (Wildman–Crippen LogP) is 2.89. The van der Waals surface area contributed by atoms with Crippen LogP contribution in [-0.4, -0.2) is 30.2 Å². The SMILES string of the molecule is CCOC(=O)C1=C(C)N=c2sc(=C3C(=O)Nc4ccc(Br)cc43)c(=O)n2C1c1ccc(OC)cc1. The number of aromatic nitrogens is 1. The molecule has 0 bridgehead atoms. The average molecular weight is 554 g/mol. The molecule has 1 N–H and O–H groups in total. The number of benzene rings is 2. The van der Waals surface area contributed by atoms with Gasteiger partial charge in [0.25, 0.3) is 11.5 Å². The molecule has 0 fully saturated rings. The number of fused-ring (bicyclic) bond motifs is 2. The molecule has 1 atom stereocenters. The second-order valence-corrected chi connectivity index (χ2v) is 9.81. The third kappa shape index (κ3) is 3.82. The number of thiazole rings is 1. The standard InChI is InChI=1S/C25H20BrN3O5S/c1-4-34-24(32)18-12(2)27-25-29(20(18)13-5-8-15(33-3)9-6-13)23(31)21(35-25)19-16-11-14(26)7-10-17(16)28-22(19)30/h5-11,20H,4H2,1-3H3,(H,28,30). The maximum atomic E-state index is 13.9. The Morgan fingerprint density at radius 1 is 1.20 bits per heavy atom. The lowest BCUT2D eigenvalue weighted by atomic mass is 9.96. The number of hydrogen-bond acceptors (Lipinski definition) is 7. The maximum absolute atomic E-state index is 13.9. The largest absolute Gasteiger partial charge is 0.497 e. The zero-order chi connectivity index (χ0) is 24.9. The van der Waals surface area contributed by atoms with Crippen LogP contribution in [0.3, 0.4) is 0 Å². The zero-order valence-corrected chi connectivity index (χ0v) is 21.5. The number of nitrogens with zero attached hydrogens (tertiary/aromatic N) is 2. The van der Waals surface area contributed by atoms with E-state index in [4.69, 9.17) is 9.47 Å². The fraction of sp³-hybridized carbons (Fsp3) is 0.200. The first-order valence-corrected chi connectivity index (χ1v) is 12.4. The van der Waals surface area contributed by atoms with Crippen molar-refractivity contribution in [2.75, 3.05) is 19.0 Å². The maximum Gasteiger partial charge on any atom is 0.338 e. The molecule has 2 aromatic carbocycles. The van der Waals surface area contributed by atoms with E-state index in [0.29, 0.717) is 33.1 Å². The van der Waals surface area contributed by atoms with Crippen molar-refractivity contribution >= 4 is 50.4 Å². The lowest BCUT2D eigenvalue weighted by Crippen LogP contribution is -2.40. The zero-order valence-electron chi connectivity index (χ0n) is 19.0. The van der Waals surface area contributed by atoms with Gasteiger partial charge in [0, 0.05) is 15.7 Å². The average Bonchev–Trinajstić information content (AvgIpc) is 3.33. The minimum atomic E-state index is -0.767. The highest BCUT2D eigenvalue weighted by Crippen LogP contribution is 2.34. The van der Waals surface area contributed by atoms with Gasteiger partial charge < -0.3 is 14.8 Å². The fourth-order valence-corrected chi connectivity index (χ4v) is 5.81. The van der Waals surface area contributed by atoms with Crippen LogP contribution in [0.5, 0.6) is 5.75 Å². The van der Waals surface area contributed by atoms with E-state index >= 15 is 0 Å². The summed E-state index contributed by atoms with van der Waals surface area (Å²) in [5, 5.41) is 2.82. The summed E-state index contributed by atoms with van der Waals surface area (Å²) in [6.45, 7) is 3.63. The molecule has 8 nitrogen and oxygen atoms in total. The summed E-state index contributed by atoms with van der Waals surface area (Å²) in [6.07, 6.45) is 0. The van der Waals surface area contributed by atoms with Crippen molar-refractivity contribution in [2.24, 2.45) is 4.99 Å². The van der Waals surface area contributed by atoms with Gasteiger partial charge in [0.15, 0.2) is 4.80 Å². The van der Waals surface area contributed by atoms with Gasteiger partial charge in [0.05, 0.1) is 36.6 Å². The van der Waals surface area contributed by atoms with E-state index in [0.717, 1.165) is 15.8 Å². The van der Waals surface area contributed by atoms with Crippen molar-refractivity contribution in [3.05, 3.63) is 89.0 Å². The number of amides is 1. The number of hydrogen-bond donors (Lipinski definition) is 1. The van der Waals surface area contributed by atoms with Gasteiger partial charge in [-0.15, -0.1) is 0 Å². The second kappa shape index (κ2) is 8.94. The molecule has 2 aliphatic rings. The lowest BCUT2D eigenvalue weighted by Gasteiger charge is -2.24. The van der Waals surface area contributed by atoms with Gasteiger partial charge in [-0.1, -0.05) is 39.4 Å². The van der Waals surface area contributed by atoms with Crippen molar-refractivity contribution in [1.29, 1.82) is 0 Å². The van der Waals surface area contributed by atoms with Crippen molar-refractivity contribution in [3.8, 4) is 5.75 Å². The van der Waals surface area contributed by atoms with E-state index < -0.39 is 17.6 Å². The van der Waals surface area contributed by atoms with Crippen LogP contribution < -0.4 is 24.9 Å². The van der Waals surface area contributed by atoms with Crippen LogP contribution >= 0.6 is 27.3 Å². The van der Waals surface area contributed by atoms with Gasteiger partial charge in [-0.25, -0.2) is 9.79 Å². The van der Waals surface area contributed by atoms with Gasteiger partial charge in [-0.2, -0.15) is 0 Å². The van der Waals surface area contributed by atoms with Gasteiger partial charge in [0.2, 0.25) is 0 Å². The lowest BCUT2D eigenvalue weighted by molar-refractivity contribution is -0.139. The summed E-state index contributed by atoms with van der Waals surface area (Å²) in [7, 11) is 1.57. The summed E-state index contributed by atoms with van der Waals surface area (Å²) in [6, 6.07) is 11.8. The number of esters is 1. The van der Waals surface area contributed by atoms with Crippen LogP contribution in [0.15, 0.2) is 68.0 Å². The van der Waals surface area contributed by atoms with E-state index in [1.165, 1.54) is 4.57 Å². The molecule has 2 aliphatic heterocycles. The van der Waals surface area contributed by atoms with E-state index in [9.17, 15) is 14.4 Å². The van der Waals surface area contributed by atoms with Crippen LogP contribution in [0.1, 0.15) is 31.0 Å². The third-order valence-corrected chi connectivity index (χ3v) is 7.42. The molecule has 0 aliphatic carbocycles. The molecular weight excluding hydrogens is 534 g/mol. The van der Waals surface area contributed by atoms with Gasteiger partial charge in [-0.05, 0) is 49.7 Å². The predicted molar refractivity (Wildman–Crippen MR) is 135 cm³/mol. The van der Waals surface area contributed by atoms with E-state index in [2.05, 4.69) is 26.2 Å².